The van der Waals surface area contributed by atoms with Gasteiger partial charge in [0.2, 0.25) is 0 Å². The van der Waals surface area contributed by atoms with Crippen LogP contribution in [-0.4, -0.2) is 9.97 Å². The number of fused-ring (bicyclic) bond motifs is 3. The summed E-state index contributed by atoms with van der Waals surface area (Å²) in [7, 11) is 0. The first-order chi connectivity index (χ1) is 15.5. The lowest BCUT2D eigenvalue weighted by atomic mass is 10.0. The molecular formula is C26H16Br4N2. The summed E-state index contributed by atoms with van der Waals surface area (Å²) in [5.74, 6) is 0. The molecule has 2 nitrogen and oxygen atoms in total. The normalized spacial score (nSPS) is 11.7. The van der Waals surface area contributed by atoms with Gasteiger partial charge in [-0.2, -0.15) is 0 Å². The van der Waals surface area contributed by atoms with Gasteiger partial charge in [-0.1, -0.05) is 124 Å². The maximum atomic E-state index is 5.05. The first-order valence-electron chi connectivity index (χ1n) is 9.97. The first-order valence-corrected chi connectivity index (χ1v) is 13.6. The number of benzene rings is 3. The number of hydrogen-bond acceptors (Lipinski definition) is 2. The third kappa shape index (κ3) is 4.43. The molecule has 5 aromatic rings. The number of pyridine rings is 2. The van der Waals surface area contributed by atoms with Crippen molar-refractivity contribution in [1.82, 2.24) is 9.97 Å². The highest BCUT2D eigenvalue weighted by molar-refractivity contribution is 9.24. The number of aromatic nitrogens is 2. The standard InChI is InChI=1S/C26H16Br4N2/c27-25(28)19-5-1-3-17(13-19)21-11-9-15-7-8-16-10-12-22(32-24(16)23(15)31-21)18-4-2-6-20(14-18)26(29)30/h1-14,25-26H. The number of halogens is 4. The van der Waals surface area contributed by atoms with Crippen molar-refractivity contribution in [2.24, 2.45) is 0 Å². The molecule has 2 aromatic heterocycles. The Hall–Kier alpha value is -1.60. The molecule has 0 radical (unpaired) electrons. The van der Waals surface area contributed by atoms with E-state index in [1.54, 1.807) is 0 Å². The second-order valence-electron chi connectivity index (χ2n) is 7.45. The van der Waals surface area contributed by atoms with E-state index in [4.69, 9.17) is 9.97 Å². The Kier molecular flexibility index (Phi) is 6.48. The minimum absolute atomic E-state index is 0.106. The zero-order valence-electron chi connectivity index (χ0n) is 16.6. The van der Waals surface area contributed by atoms with Gasteiger partial charge in [-0.05, 0) is 35.4 Å². The predicted octanol–water partition coefficient (Wildman–Crippen LogP) is 9.69. The van der Waals surface area contributed by atoms with Gasteiger partial charge in [0.1, 0.15) is 0 Å². The summed E-state index contributed by atoms with van der Waals surface area (Å²) in [4.78, 5) is 10.1. The molecule has 0 unspecified atom stereocenters. The molecule has 0 bridgehead atoms. The zero-order chi connectivity index (χ0) is 22.2. The quantitative estimate of drug-likeness (QED) is 0.140. The smallest absolute Gasteiger partial charge is 0.0972 e. The molecule has 0 aliphatic carbocycles. The third-order valence-corrected chi connectivity index (χ3v) is 7.50. The number of nitrogens with zero attached hydrogens (tertiary/aromatic N) is 2. The van der Waals surface area contributed by atoms with E-state index in [-0.39, 0.29) is 7.47 Å². The van der Waals surface area contributed by atoms with Gasteiger partial charge in [-0.25, -0.2) is 9.97 Å². The fourth-order valence-corrected chi connectivity index (χ4v) is 4.90. The Morgan fingerprint density at radius 2 is 0.906 bits per heavy atom. The van der Waals surface area contributed by atoms with Crippen molar-refractivity contribution in [3.05, 3.63) is 96.1 Å². The highest BCUT2D eigenvalue weighted by Crippen LogP contribution is 2.34. The van der Waals surface area contributed by atoms with Crippen LogP contribution in [0.15, 0.2) is 84.9 Å². The summed E-state index contributed by atoms with van der Waals surface area (Å²) < 4.78 is 0.213. The molecule has 0 N–H and O–H groups in total. The van der Waals surface area contributed by atoms with Crippen LogP contribution in [0.25, 0.3) is 44.3 Å². The minimum atomic E-state index is 0.106. The molecule has 0 atom stereocenters. The van der Waals surface area contributed by atoms with Gasteiger partial charge < -0.3 is 0 Å². The van der Waals surface area contributed by atoms with E-state index in [9.17, 15) is 0 Å². The largest absolute Gasteiger partial charge is 0.245 e. The predicted molar refractivity (Wildman–Crippen MR) is 149 cm³/mol. The maximum Gasteiger partial charge on any atom is 0.0972 e. The Morgan fingerprint density at radius 1 is 0.500 bits per heavy atom. The topological polar surface area (TPSA) is 25.8 Å². The lowest BCUT2D eigenvalue weighted by Gasteiger charge is -2.10. The van der Waals surface area contributed by atoms with Crippen LogP contribution in [0.1, 0.15) is 18.6 Å². The average molecular weight is 676 g/mol. The molecule has 0 amide bonds. The summed E-state index contributed by atoms with van der Waals surface area (Å²) in [5.41, 5.74) is 8.16. The van der Waals surface area contributed by atoms with Crippen LogP contribution in [0.2, 0.25) is 0 Å². The van der Waals surface area contributed by atoms with Gasteiger partial charge in [-0.15, -0.1) is 0 Å². The Labute approximate surface area is 220 Å². The van der Waals surface area contributed by atoms with Gasteiger partial charge in [0.25, 0.3) is 0 Å². The summed E-state index contributed by atoms with van der Waals surface area (Å²) in [6.45, 7) is 0. The fraction of sp³-hybridized carbons (Fsp3) is 0.0769. The average Bonchev–Trinajstić information content (AvgIpc) is 2.83. The van der Waals surface area contributed by atoms with Crippen molar-refractivity contribution in [2.75, 3.05) is 0 Å². The van der Waals surface area contributed by atoms with Gasteiger partial charge >= 0.3 is 0 Å². The molecule has 5 rings (SSSR count). The van der Waals surface area contributed by atoms with Crippen LogP contribution in [0.3, 0.4) is 0 Å². The van der Waals surface area contributed by atoms with E-state index in [1.807, 2.05) is 0 Å². The number of alkyl halides is 4. The summed E-state index contributed by atoms with van der Waals surface area (Å²) >= 11 is 14.3. The van der Waals surface area contributed by atoms with Gasteiger partial charge in [0.15, 0.2) is 0 Å². The van der Waals surface area contributed by atoms with Crippen molar-refractivity contribution < 1.29 is 0 Å². The Balaban J connectivity index is 1.68. The Morgan fingerprint density at radius 3 is 1.31 bits per heavy atom. The monoisotopic (exact) mass is 672 g/mol. The molecule has 3 aromatic carbocycles. The van der Waals surface area contributed by atoms with Crippen molar-refractivity contribution in [3.8, 4) is 22.5 Å². The SMILES string of the molecule is BrC(Br)c1cccc(-c2ccc3ccc4ccc(-c5cccc(C(Br)Br)c5)nc4c3n2)c1. The van der Waals surface area contributed by atoms with Gasteiger partial charge in [0.05, 0.1) is 29.9 Å². The molecule has 0 fully saturated rings. The van der Waals surface area contributed by atoms with Gasteiger partial charge in [-0.3, -0.25) is 0 Å². The van der Waals surface area contributed by atoms with E-state index in [0.717, 1.165) is 55.4 Å². The second kappa shape index (κ2) is 9.34. The molecule has 0 spiro atoms. The molecule has 32 heavy (non-hydrogen) atoms. The molecule has 0 aliphatic rings. The molecule has 0 aliphatic heterocycles. The van der Waals surface area contributed by atoms with Crippen LogP contribution in [0, 0.1) is 0 Å². The van der Waals surface area contributed by atoms with Crippen LogP contribution in [0.5, 0.6) is 0 Å². The summed E-state index contributed by atoms with van der Waals surface area (Å²) in [6.07, 6.45) is 0. The lowest BCUT2D eigenvalue weighted by Crippen LogP contribution is -1.92. The molecule has 2 heterocycles. The van der Waals surface area contributed by atoms with E-state index >= 15 is 0 Å². The van der Waals surface area contributed by atoms with Gasteiger partial charge in [0, 0.05) is 21.9 Å². The molecule has 158 valence electrons. The van der Waals surface area contributed by atoms with Crippen molar-refractivity contribution in [2.45, 2.75) is 7.47 Å². The van der Waals surface area contributed by atoms with E-state index < -0.39 is 0 Å². The Bertz CT molecular complexity index is 1340. The maximum absolute atomic E-state index is 5.05. The fourth-order valence-electron chi connectivity index (χ4n) is 3.76. The van der Waals surface area contributed by atoms with Crippen molar-refractivity contribution in [1.29, 1.82) is 0 Å². The highest BCUT2D eigenvalue weighted by Gasteiger charge is 2.11. The van der Waals surface area contributed by atoms with E-state index in [1.165, 1.54) is 0 Å². The van der Waals surface area contributed by atoms with E-state index in [2.05, 4.69) is 149 Å². The van der Waals surface area contributed by atoms with E-state index in [0.29, 0.717) is 0 Å². The zero-order valence-corrected chi connectivity index (χ0v) is 23.0. The number of rotatable bonds is 4. The second-order valence-corrected chi connectivity index (χ2v) is 13.6. The molecule has 0 saturated heterocycles. The molecule has 0 saturated carbocycles. The van der Waals surface area contributed by atoms with Crippen molar-refractivity contribution in [3.63, 3.8) is 0 Å². The molecular weight excluding hydrogens is 660 g/mol. The van der Waals surface area contributed by atoms with Crippen molar-refractivity contribution >= 4 is 85.5 Å². The van der Waals surface area contributed by atoms with Crippen LogP contribution in [-0.2, 0) is 0 Å². The van der Waals surface area contributed by atoms with Crippen LogP contribution < -0.4 is 0 Å². The minimum Gasteiger partial charge on any atom is -0.245 e. The summed E-state index contributed by atoms with van der Waals surface area (Å²) in [5, 5.41) is 2.16. The van der Waals surface area contributed by atoms with Crippen LogP contribution in [0.4, 0.5) is 0 Å². The number of hydrogen-bond donors (Lipinski definition) is 0. The third-order valence-electron chi connectivity index (χ3n) is 5.39. The van der Waals surface area contributed by atoms with Crippen LogP contribution >= 0.6 is 63.7 Å². The highest BCUT2D eigenvalue weighted by atomic mass is 79.9. The molecule has 6 heteroatoms. The first kappa shape index (κ1) is 22.2. The summed E-state index contributed by atoms with van der Waals surface area (Å²) in [6, 6.07) is 29.4. The lowest BCUT2D eigenvalue weighted by molar-refractivity contribution is 1.34.